The molecule has 0 saturated carbocycles. The second-order valence-corrected chi connectivity index (χ2v) is 9.96. The molecular weight excluding hydrogens is 460 g/mol. The summed E-state index contributed by atoms with van der Waals surface area (Å²) >= 11 is 0. The monoisotopic (exact) mass is 494 g/mol. The lowest BCUT2D eigenvalue weighted by atomic mass is 10.1. The van der Waals surface area contributed by atoms with Crippen molar-refractivity contribution in [3.63, 3.8) is 0 Å². The van der Waals surface area contributed by atoms with Crippen molar-refractivity contribution in [2.45, 2.75) is 34.6 Å². The Kier molecular flexibility index (Phi) is 7.87. The van der Waals surface area contributed by atoms with Crippen molar-refractivity contribution in [2.24, 2.45) is 5.92 Å². The molecule has 37 heavy (non-hydrogen) atoms. The zero-order valence-corrected chi connectivity index (χ0v) is 22.2. The van der Waals surface area contributed by atoms with Gasteiger partial charge in [-0.05, 0) is 50.5 Å². The predicted octanol–water partition coefficient (Wildman–Crippen LogP) is 6.20. The smallest absolute Gasteiger partial charge is 0.254 e. The molecule has 0 unspecified atom stereocenters. The Balaban J connectivity index is 1.63. The number of nitrogens with one attached hydrogen (secondary N) is 1. The van der Waals surface area contributed by atoms with Gasteiger partial charge in [0.25, 0.3) is 5.91 Å². The molecule has 0 spiro atoms. The molecule has 0 saturated heterocycles. The van der Waals surface area contributed by atoms with Crippen molar-refractivity contribution in [1.29, 1.82) is 0 Å². The van der Waals surface area contributed by atoms with E-state index in [-0.39, 0.29) is 24.3 Å². The lowest BCUT2D eigenvalue weighted by Gasteiger charge is -2.25. The summed E-state index contributed by atoms with van der Waals surface area (Å²) in [5, 5.41) is 2.97. The molecule has 1 N–H and O–H groups in total. The van der Waals surface area contributed by atoms with Gasteiger partial charge in [-0.3, -0.25) is 19.5 Å². The summed E-state index contributed by atoms with van der Waals surface area (Å²) in [5.74, 6) is 0.182. The first-order valence-corrected chi connectivity index (χ1v) is 12.6. The topological polar surface area (TPSA) is 67.2 Å². The molecule has 0 aliphatic rings. The van der Waals surface area contributed by atoms with Crippen LogP contribution in [-0.4, -0.2) is 39.4 Å². The van der Waals surface area contributed by atoms with Crippen LogP contribution >= 0.6 is 0 Å². The molecule has 0 aliphatic heterocycles. The van der Waals surface area contributed by atoms with E-state index in [2.05, 4.69) is 5.32 Å². The largest absolute Gasteiger partial charge is 0.329 e. The number of hydrogen-bond acceptors (Lipinski definition) is 3. The molecule has 4 aromatic rings. The number of carbonyl (C=O) groups is 2. The highest BCUT2D eigenvalue weighted by Gasteiger charge is 2.22. The van der Waals surface area contributed by atoms with E-state index in [1.807, 2.05) is 112 Å². The third-order valence-corrected chi connectivity index (χ3v) is 6.20. The van der Waals surface area contributed by atoms with Gasteiger partial charge >= 0.3 is 0 Å². The van der Waals surface area contributed by atoms with Gasteiger partial charge in [0.2, 0.25) is 11.9 Å². The number of aryl methyl sites for hydroxylation is 3. The van der Waals surface area contributed by atoms with Crippen molar-refractivity contribution in [1.82, 2.24) is 14.5 Å². The number of benzene rings is 3. The maximum Gasteiger partial charge on any atom is 0.254 e. The first kappa shape index (κ1) is 25.9. The maximum atomic E-state index is 13.4. The van der Waals surface area contributed by atoms with Crippen LogP contribution in [0, 0.1) is 26.7 Å². The van der Waals surface area contributed by atoms with Gasteiger partial charge in [-0.2, -0.15) is 0 Å². The van der Waals surface area contributed by atoms with Gasteiger partial charge in [-0.1, -0.05) is 79.6 Å². The van der Waals surface area contributed by atoms with Gasteiger partial charge in [-0.25, -0.2) is 4.98 Å². The Labute approximate surface area is 219 Å². The highest BCUT2D eigenvalue weighted by atomic mass is 16.2. The SMILES string of the molecule is Cc1ccc(-c2cn(-c3ccc(C)cc3)c(NC(=O)CN(CC(C)C)C(=O)c3ccccc3C)n2)cc1. The van der Waals surface area contributed by atoms with Gasteiger partial charge in [0.1, 0.15) is 6.54 Å². The molecule has 0 atom stereocenters. The summed E-state index contributed by atoms with van der Waals surface area (Å²) in [5.41, 5.74) is 6.42. The molecule has 0 bridgehead atoms. The van der Waals surface area contributed by atoms with Gasteiger partial charge in [0.05, 0.1) is 5.69 Å². The van der Waals surface area contributed by atoms with Crippen LogP contribution < -0.4 is 5.32 Å². The van der Waals surface area contributed by atoms with Crippen LogP contribution in [0.1, 0.15) is 40.9 Å². The van der Waals surface area contributed by atoms with Gasteiger partial charge < -0.3 is 4.90 Å². The fraction of sp³-hybridized carbons (Fsp3) is 0.258. The highest BCUT2D eigenvalue weighted by molar-refractivity contribution is 6.00. The normalized spacial score (nSPS) is 11.0. The lowest BCUT2D eigenvalue weighted by molar-refractivity contribution is -0.117. The molecule has 4 rings (SSSR count). The van der Waals surface area contributed by atoms with Crippen molar-refractivity contribution >= 4 is 17.8 Å². The summed E-state index contributed by atoms with van der Waals surface area (Å²) < 4.78 is 1.88. The molecular formula is C31H34N4O2. The number of amides is 2. The van der Waals surface area contributed by atoms with E-state index in [4.69, 9.17) is 4.98 Å². The first-order chi connectivity index (χ1) is 17.7. The molecule has 190 valence electrons. The van der Waals surface area contributed by atoms with Gasteiger partial charge in [0.15, 0.2) is 0 Å². The lowest BCUT2D eigenvalue weighted by Crippen LogP contribution is -2.40. The predicted molar refractivity (Wildman–Crippen MR) is 149 cm³/mol. The van der Waals surface area contributed by atoms with Crippen LogP contribution in [0.4, 0.5) is 5.95 Å². The molecule has 0 aliphatic carbocycles. The Hall–Kier alpha value is -4.19. The molecule has 1 aromatic heterocycles. The summed E-state index contributed by atoms with van der Waals surface area (Å²) in [6.07, 6.45) is 1.93. The Morgan fingerprint density at radius 2 is 1.51 bits per heavy atom. The van der Waals surface area contributed by atoms with E-state index < -0.39 is 0 Å². The number of hydrogen-bond donors (Lipinski definition) is 1. The number of nitrogens with zero attached hydrogens (tertiary/aromatic N) is 3. The molecule has 6 nitrogen and oxygen atoms in total. The molecule has 1 heterocycles. The number of aromatic nitrogens is 2. The second kappa shape index (κ2) is 11.2. The zero-order valence-electron chi connectivity index (χ0n) is 22.2. The highest BCUT2D eigenvalue weighted by Crippen LogP contribution is 2.25. The quantitative estimate of drug-likeness (QED) is 0.317. The Bertz CT molecular complexity index is 1390. The number of carbonyl (C=O) groups excluding carboxylic acids is 2. The van der Waals surface area contributed by atoms with Crippen LogP contribution in [0.3, 0.4) is 0 Å². The van der Waals surface area contributed by atoms with E-state index in [9.17, 15) is 9.59 Å². The summed E-state index contributed by atoms with van der Waals surface area (Å²) in [6, 6.07) is 23.6. The standard InChI is InChI=1S/C31H34N4O2/c1-21(2)18-34(30(37)27-9-7-6-8-24(27)5)20-29(36)33-31-32-28(25-14-10-22(3)11-15-25)19-35(31)26-16-12-23(4)13-17-26/h6-17,19,21H,18,20H2,1-5H3,(H,32,33,36). The zero-order chi connectivity index (χ0) is 26.5. The van der Waals surface area contributed by atoms with Crippen LogP contribution in [0.15, 0.2) is 79.0 Å². The van der Waals surface area contributed by atoms with E-state index in [0.29, 0.717) is 18.1 Å². The summed E-state index contributed by atoms with van der Waals surface area (Å²) in [7, 11) is 0. The van der Waals surface area contributed by atoms with E-state index in [0.717, 1.165) is 28.1 Å². The molecule has 2 amide bonds. The number of imidazole rings is 1. The summed E-state index contributed by atoms with van der Waals surface area (Å²) in [4.78, 5) is 33.0. The molecule has 0 radical (unpaired) electrons. The van der Waals surface area contributed by atoms with E-state index in [1.54, 1.807) is 11.0 Å². The van der Waals surface area contributed by atoms with Gasteiger partial charge in [-0.15, -0.1) is 0 Å². The minimum absolute atomic E-state index is 0.0635. The van der Waals surface area contributed by atoms with Crippen molar-refractivity contribution in [3.8, 4) is 16.9 Å². The van der Waals surface area contributed by atoms with Crippen LogP contribution in [0.2, 0.25) is 0 Å². The molecule has 6 heteroatoms. The minimum Gasteiger partial charge on any atom is -0.329 e. The fourth-order valence-electron chi connectivity index (χ4n) is 4.21. The van der Waals surface area contributed by atoms with Crippen molar-refractivity contribution in [3.05, 3.63) is 101 Å². The van der Waals surface area contributed by atoms with Crippen molar-refractivity contribution in [2.75, 3.05) is 18.4 Å². The Morgan fingerprint density at radius 3 is 2.14 bits per heavy atom. The van der Waals surface area contributed by atoms with Crippen molar-refractivity contribution < 1.29 is 9.59 Å². The van der Waals surface area contributed by atoms with Crippen LogP contribution in [-0.2, 0) is 4.79 Å². The van der Waals surface area contributed by atoms with E-state index >= 15 is 0 Å². The Morgan fingerprint density at radius 1 is 0.892 bits per heavy atom. The van der Waals surface area contributed by atoms with Crippen LogP contribution in [0.25, 0.3) is 16.9 Å². The minimum atomic E-state index is -0.294. The first-order valence-electron chi connectivity index (χ1n) is 12.6. The van der Waals surface area contributed by atoms with E-state index in [1.165, 1.54) is 5.56 Å². The van der Waals surface area contributed by atoms with Gasteiger partial charge in [0, 0.05) is 29.6 Å². The fourth-order valence-corrected chi connectivity index (χ4v) is 4.21. The number of rotatable bonds is 8. The summed E-state index contributed by atoms with van der Waals surface area (Å²) in [6.45, 7) is 10.5. The molecule has 0 fully saturated rings. The second-order valence-electron chi connectivity index (χ2n) is 9.96. The number of anilines is 1. The third-order valence-electron chi connectivity index (χ3n) is 6.20. The maximum absolute atomic E-state index is 13.4. The average molecular weight is 495 g/mol. The third kappa shape index (κ3) is 6.33. The van der Waals surface area contributed by atoms with Crippen LogP contribution in [0.5, 0.6) is 0 Å². The molecule has 3 aromatic carbocycles. The average Bonchev–Trinajstić information content (AvgIpc) is 3.27.